The maximum Gasteiger partial charge on any atom is 0.410 e. The summed E-state index contributed by atoms with van der Waals surface area (Å²) in [6.07, 6.45) is 5.12. The Labute approximate surface area is 196 Å². The maximum atomic E-state index is 12.6. The first-order valence-electron chi connectivity index (χ1n) is 10.6. The summed E-state index contributed by atoms with van der Waals surface area (Å²) < 4.78 is 7.31. The van der Waals surface area contributed by atoms with Crippen LogP contribution < -0.4 is 10.2 Å². The normalized spacial score (nSPS) is 16.7. The van der Waals surface area contributed by atoms with Gasteiger partial charge in [-0.3, -0.25) is 9.36 Å². The number of hydrogen-bond acceptors (Lipinski definition) is 7. The number of carbonyl (C=O) groups excluding carboxylic acids is 2. The van der Waals surface area contributed by atoms with Crippen LogP contribution in [0.25, 0.3) is 16.9 Å². The molecule has 1 N–H and O–H groups in total. The second-order valence-electron chi connectivity index (χ2n) is 8.87. The summed E-state index contributed by atoms with van der Waals surface area (Å²) in [7, 11) is 0. The summed E-state index contributed by atoms with van der Waals surface area (Å²) >= 11 is 6.15. The van der Waals surface area contributed by atoms with Gasteiger partial charge in [0.25, 0.3) is 0 Å². The van der Waals surface area contributed by atoms with E-state index in [1.807, 2.05) is 27.7 Å². The van der Waals surface area contributed by atoms with Crippen molar-refractivity contribution < 1.29 is 14.3 Å². The van der Waals surface area contributed by atoms with E-state index in [4.69, 9.17) is 16.3 Å². The lowest BCUT2D eigenvalue weighted by atomic mass is 10.1. The average molecular weight is 472 g/mol. The highest BCUT2D eigenvalue weighted by atomic mass is 35.5. The minimum absolute atomic E-state index is 0.0993. The van der Waals surface area contributed by atoms with Crippen molar-refractivity contribution in [2.45, 2.75) is 39.3 Å². The van der Waals surface area contributed by atoms with Gasteiger partial charge in [0.2, 0.25) is 6.41 Å². The third-order valence-corrected chi connectivity index (χ3v) is 5.52. The van der Waals surface area contributed by atoms with Gasteiger partial charge in [-0.2, -0.15) is 0 Å². The molecule has 174 valence electrons. The molecular formula is C22H26ClN7O3. The number of halogens is 1. The lowest BCUT2D eigenvalue weighted by Crippen LogP contribution is -2.55. The molecule has 1 saturated heterocycles. The Morgan fingerprint density at radius 1 is 1.27 bits per heavy atom. The van der Waals surface area contributed by atoms with Gasteiger partial charge in [0.05, 0.1) is 11.1 Å². The predicted molar refractivity (Wildman–Crippen MR) is 126 cm³/mol. The van der Waals surface area contributed by atoms with Crippen molar-refractivity contribution >= 4 is 46.6 Å². The fourth-order valence-corrected chi connectivity index (χ4v) is 4.05. The largest absolute Gasteiger partial charge is 0.444 e. The minimum Gasteiger partial charge on any atom is -0.444 e. The zero-order chi connectivity index (χ0) is 23.8. The monoisotopic (exact) mass is 471 g/mol. The minimum atomic E-state index is -0.556. The molecule has 1 fully saturated rings. The van der Waals surface area contributed by atoms with E-state index in [-0.39, 0.29) is 12.1 Å². The topological polar surface area (TPSA) is 105 Å². The molecule has 4 rings (SSSR count). The van der Waals surface area contributed by atoms with E-state index >= 15 is 0 Å². The van der Waals surface area contributed by atoms with Gasteiger partial charge in [0.1, 0.15) is 23.6 Å². The standard InChI is InChI=1S/C22H26ClN7O3/c1-14-10-28(7-8-29(14)21(32)33-22(2,3)4)19-18-16(27-13-31)11-30(20(18)26-12-25-19)17-9-15(23)5-6-24-17/h5-6,9,11-14H,7-8,10H2,1-4H3,(H,27,31)/t14-/m1/s1. The summed E-state index contributed by atoms with van der Waals surface area (Å²) in [6, 6.07) is 3.31. The van der Waals surface area contributed by atoms with Gasteiger partial charge in [0.15, 0.2) is 5.65 Å². The van der Waals surface area contributed by atoms with Gasteiger partial charge in [-0.25, -0.2) is 19.7 Å². The van der Waals surface area contributed by atoms with E-state index < -0.39 is 5.60 Å². The first-order valence-corrected chi connectivity index (χ1v) is 11.0. The molecule has 0 radical (unpaired) electrons. The molecule has 0 spiro atoms. The van der Waals surface area contributed by atoms with Crippen LogP contribution in [0, 0.1) is 0 Å². The first kappa shape index (κ1) is 22.8. The molecule has 0 aliphatic carbocycles. The second kappa shape index (κ2) is 8.86. The molecule has 3 aromatic rings. The molecule has 0 aromatic carbocycles. The highest BCUT2D eigenvalue weighted by molar-refractivity contribution is 6.30. The molecule has 1 aliphatic rings. The Hall–Kier alpha value is -3.40. The van der Waals surface area contributed by atoms with Crippen molar-refractivity contribution in [2.24, 2.45) is 0 Å². The second-order valence-corrected chi connectivity index (χ2v) is 9.31. The Morgan fingerprint density at radius 2 is 2.06 bits per heavy atom. The van der Waals surface area contributed by atoms with E-state index in [2.05, 4.69) is 25.2 Å². The number of carbonyl (C=O) groups is 2. The van der Waals surface area contributed by atoms with Crippen molar-refractivity contribution in [2.75, 3.05) is 29.9 Å². The van der Waals surface area contributed by atoms with E-state index in [9.17, 15) is 9.59 Å². The predicted octanol–water partition coefficient (Wildman–Crippen LogP) is 3.48. The van der Waals surface area contributed by atoms with Crippen LogP contribution >= 0.6 is 11.6 Å². The van der Waals surface area contributed by atoms with Crippen LogP contribution in [0.1, 0.15) is 27.7 Å². The molecule has 33 heavy (non-hydrogen) atoms. The lowest BCUT2D eigenvalue weighted by molar-refractivity contribution is -0.105. The molecular weight excluding hydrogens is 446 g/mol. The smallest absolute Gasteiger partial charge is 0.410 e. The molecule has 0 saturated carbocycles. The fraction of sp³-hybridized carbons (Fsp3) is 0.409. The van der Waals surface area contributed by atoms with Gasteiger partial charge in [-0.15, -0.1) is 0 Å². The van der Waals surface area contributed by atoms with Crippen molar-refractivity contribution in [1.82, 2.24) is 24.4 Å². The quantitative estimate of drug-likeness (QED) is 0.580. The maximum absolute atomic E-state index is 12.6. The molecule has 2 amide bonds. The zero-order valence-corrected chi connectivity index (χ0v) is 19.7. The summed E-state index contributed by atoms with van der Waals surface area (Å²) in [4.78, 5) is 41.1. The molecule has 3 aromatic heterocycles. The number of nitrogens with one attached hydrogen (secondary N) is 1. The molecule has 11 heteroatoms. The van der Waals surface area contributed by atoms with E-state index in [0.29, 0.717) is 59.4 Å². The Bertz CT molecular complexity index is 1190. The molecule has 1 atom stereocenters. The molecule has 0 bridgehead atoms. The third kappa shape index (κ3) is 4.70. The van der Waals surface area contributed by atoms with Crippen LogP contribution in [0.4, 0.5) is 16.3 Å². The van der Waals surface area contributed by atoms with Crippen molar-refractivity contribution in [1.29, 1.82) is 0 Å². The van der Waals surface area contributed by atoms with Gasteiger partial charge in [0, 0.05) is 49.2 Å². The number of ether oxygens (including phenoxy) is 1. The highest BCUT2D eigenvalue weighted by Crippen LogP contribution is 2.34. The number of pyridine rings is 1. The number of rotatable bonds is 4. The highest BCUT2D eigenvalue weighted by Gasteiger charge is 2.32. The van der Waals surface area contributed by atoms with Crippen molar-refractivity contribution in [3.05, 3.63) is 35.9 Å². The van der Waals surface area contributed by atoms with Gasteiger partial charge >= 0.3 is 6.09 Å². The number of nitrogens with zero attached hydrogens (tertiary/aromatic N) is 6. The van der Waals surface area contributed by atoms with E-state index in [0.717, 1.165) is 0 Å². The number of hydrogen-bond donors (Lipinski definition) is 1. The SMILES string of the molecule is C[C@@H]1CN(c2ncnc3c2c(NC=O)cn3-c2cc(Cl)ccn2)CCN1C(=O)OC(C)(C)C. The number of fused-ring (bicyclic) bond motifs is 1. The lowest BCUT2D eigenvalue weighted by Gasteiger charge is -2.40. The van der Waals surface area contributed by atoms with Crippen LogP contribution in [0.5, 0.6) is 0 Å². The van der Waals surface area contributed by atoms with E-state index in [1.165, 1.54) is 6.33 Å². The van der Waals surface area contributed by atoms with Crippen LogP contribution in [0.15, 0.2) is 30.9 Å². The molecule has 1 aliphatic heterocycles. The Kier molecular flexibility index (Phi) is 6.11. The number of anilines is 2. The zero-order valence-electron chi connectivity index (χ0n) is 18.9. The van der Waals surface area contributed by atoms with Gasteiger partial charge in [-0.05, 0) is 33.8 Å². The van der Waals surface area contributed by atoms with Crippen LogP contribution in [0.2, 0.25) is 5.02 Å². The fourth-order valence-electron chi connectivity index (χ4n) is 3.90. The van der Waals surface area contributed by atoms with E-state index in [1.54, 1.807) is 34.0 Å². The summed E-state index contributed by atoms with van der Waals surface area (Å²) in [5, 5.41) is 3.97. The van der Waals surface area contributed by atoms with Crippen LogP contribution in [-0.2, 0) is 9.53 Å². The Morgan fingerprint density at radius 3 is 2.73 bits per heavy atom. The van der Waals surface area contributed by atoms with Crippen molar-refractivity contribution in [3.8, 4) is 5.82 Å². The number of aromatic nitrogens is 4. The van der Waals surface area contributed by atoms with Crippen LogP contribution in [0.3, 0.4) is 0 Å². The van der Waals surface area contributed by atoms with Gasteiger partial charge < -0.3 is 19.9 Å². The van der Waals surface area contributed by atoms with Crippen LogP contribution in [-0.4, -0.2) is 68.2 Å². The molecule has 0 unspecified atom stereocenters. The molecule has 10 nitrogen and oxygen atoms in total. The Balaban J connectivity index is 1.69. The number of amides is 2. The summed E-state index contributed by atoms with van der Waals surface area (Å²) in [5.74, 6) is 1.24. The van der Waals surface area contributed by atoms with Gasteiger partial charge in [-0.1, -0.05) is 11.6 Å². The first-order chi connectivity index (χ1) is 15.7. The third-order valence-electron chi connectivity index (χ3n) is 5.29. The summed E-state index contributed by atoms with van der Waals surface area (Å²) in [5.41, 5.74) is 0.584. The molecule has 4 heterocycles. The number of piperazine rings is 1. The average Bonchev–Trinajstić information content (AvgIpc) is 3.11. The summed E-state index contributed by atoms with van der Waals surface area (Å²) in [6.45, 7) is 9.11. The van der Waals surface area contributed by atoms with Crippen molar-refractivity contribution in [3.63, 3.8) is 0 Å².